The molecule has 1 aromatic rings. The number of thioether (sulfide) groups is 1. The van der Waals surface area contributed by atoms with Gasteiger partial charge in [-0.25, -0.2) is 0 Å². The number of hydrogen-bond acceptors (Lipinski definition) is 2. The highest BCUT2D eigenvalue weighted by Crippen LogP contribution is 2.29. The maximum absolute atomic E-state index is 3.46. The monoisotopic (exact) mass is 221 g/mol. The van der Waals surface area contributed by atoms with Crippen molar-refractivity contribution in [2.24, 2.45) is 0 Å². The third-order valence-electron chi connectivity index (χ3n) is 2.85. The summed E-state index contributed by atoms with van der Waals surface area (Å²) in [5.41, 5.74) is 1.35. The molecule has 0 aliphatic carbocycles. The summed E-state index contributed by atoms with van der Waals surface area (Å²) in [5, 5.41) is 4.27. The quantitative estimate of drug-likeness (QED) is 0.823. The first-order valence-electron chi connectivity index (χ1n) is 5.78. The van der Waals surface area contributed by atoms with Gasteiger partial charge in [0.05, 0.1) is 0 Å². The molecule has 1 heterocycles. The Labute approximate surface area is 96.7 Å². The van der Waals surface area contributed by atoms with Crippen LogP contribution in [0.15, 0.2) is 29.2 Å². The van der Waals surface area contributed by atoms with Crippen LogP contribution in [-0.4, -0.2) is 18.3 Å². The third kappa shape index (κ3) is 3.54. The number of nitrogens with one attached hydrogen (secondary N) is 1. The highest BCUT2D eigenvalue weighted by atomic mass is 32.2. The van der Waals surface area contributed by atoms with Crippen LogP contribution in [0.3, 0.4) is 0 Å². The lowest BCUT2D eigenvalue weighted by Crippen LogP contribution is -2.14. The molecular formula is C13H19NS. The van der Waals surface area contributed by atoms with Crippen LogP contribution in [0.25, 0.3) is 0 Å². The van der Waals surface area contributed by atoms with Crippen LogP contribution in [0.1, 0.15) is 24.8 Å². The maximum atomic E-state index is 3.46. The molecule has 1 nitrogen and oxygen atoms in total. The van der Waals surface area contributed by atoms with Crippen LogP contribution in [0, 0.1) is 6.92 Å². The molecule has 82 valence electrons. The first-order chi connectivity index (χ1) is 7.34. The molecule has 0 spiro atoms. The van der Waals surface area contributed by atoms with Crippen LogP contribution < -0.4 is 5.32 Å². The Bertz CT molecular complexity index is 286. The van der Waals surface area contributed by atoms with Gasteiger partial charge < -0.3 is 5.32 Å². The zero-order valence-electron chi connectivity index (χ0n) is 9.33. The first-order valence-corrected chi connectivity index (χ1v) is 6.66. The van der Waals surface area contributed by atoms with Crippen molar-refractivity contribution in [1.82, 2.24) is 5.32 Å². The van der Waals surface area contributed by atoms with Gasteiger partial charge in [0.2, 0.25) is 0 Å². The molecule has 1 fully saturated rings. The van der Waals surface area contributed by atoms with E-state index in [0.29, 0.717) is 0 Å². The van der Waals surface area contributed by atoms with Gasteiger partial charge >= 0.3 is 0 Å². The Morgan fingerprint density at radius 2 is 1.93 bits per heavy atom. The van der Waals surface area contributed by atoms with Crippen molar-refractivity contribution in [2.75, 3.05) is 13.1 Å². The van der Waals surface area contributed by atoms with Crippen LogP contribution in [0.2, 0.25) is 0 Å². The Hall–Kier alpha value is -0.470. The molecule has 0 radical (unpaired) electrons. The van der Waals surface area contributed by atoms with Crippen LogP contribution in [0.4, 0.5) is 0 Å². The van der Waals surface area contributed by atoms with Crippen molar-refractivity contribution < 1.29 is 0 Å². The number of aryl methyl sites for hydroxylation is 1. The molecule has 1 aliphatic rings. The predicted molar refractivity (Wildman–Crippen MR) is 67.5 cm³/mol. The normalized spacial score (nSPS) is 22.3. The molecule has 0 bridgehead atoms. The van der Waals surface area contributed by atoms with Gasteiger partial charge in [-0.15, -0.1) is 11.8 Å². The molecule has 2 rings (SSSR count). The standard InChI is InChI=1S/C13H19NS/c1-11-4-6-13(7-5-11)15-12-3-2-9-14-10-8-12/h4-7,12,14H,2-3,8-10H2,1H3. The number of rotatable bonds is 2. The zero-order valence-corrected chi connectivity index (χ0v) is 10.1. The van der Waals surface area contributed by atoms with Crippen molar-refractivity contribution >= 4 is 11.8 Å². The summed E-state index contributed by atoms with van der Waals surface area (Å²) >= 11 is 2.05. The molecule has 15 heavy (non-hydrogen) atoms. The van der Waals surface area contributed by atoms with Crippen molar-refractivity contribution in [1.29, 1.82) is 0 Å². The van der Waals surface area contributed by atoms with E-state index in [1.807, 2.05) is 11.8 Å². The minimum absolute atomic E-state index is 0.808. The van der Waals surface area contributed by atoms with Gasteiger partial charge in [-0.05, 0) is 51.4 Å². The highest BCUT2D eigenvalue weighted by Gasteiger charge is 2.12. The van der Waals surface area contributed by atoms with E-state index in [1.54, 1.807) is 0 Å². The fourth-order valence-corrected chi connectivity index (χ4v) is 3.11. The van der Waals surface area contributed by atoms with E-state index in [0.717, 1.165) is 5.25 Å². The van der Waals surface area contributed by atoms with E-state index in [4.69, 9.17) is 0 Å². The Kier molecular flexibility index (Phi) is 4.09. The van der Waals surface area contributed by atoms with E-state index in [9.17, 15) is 0 Å². The first kappa shape index (κ1) is 11.0. The van der Waals surface area contributed by atoms with Crippen LogP contribution in [0.5, 0.6) is 0 Å². The molecule has 1 atom stereocenters. The molecule has 0 saturated carbocycles. The minimum Gasteiger partial charge on any atom is -0.317 e. The molecule has 1 unspecified atom stereocenters. The van der Waals surface area contributed by atoms with Gasteiger partial charge in [-0.3, -0.25) is 0 Å². The van der Waals surface area contributed by atoms with Gasteiger partial charge in [0.1, 0.15) is 0 Å². The Morgan fingerprint density at radius 1 is 1.13 bits per heavy atom. The van der Waals surface area contributed by atoms with Gasteiger partial charge in [0.25, 0.3) is 0 Å². The molecule has 0 amide bonds. The van der Waals surface area contributed by atoms with E-state index >= 15 is 0 Å². The van der Waals surface area contributed by atoms with Gasteiger partial charge in [0.15, 0.2) is 0 Å². The Morgan fingerprint density at radius 3 is 2.73 bits per heavy atom. The van der Waals surface area contributed by atoms with E-state index in [1.165, 1.54) is 42.8 Å². The second-order valence-electron chi connectivity index (χ2n) is 4.23. The smallest absolute Gasteiger partial charge is 0.0107 e. The predicted octanol–water partition coefficient (Wildman–Crippen LogP) is 3.23. The average molecular weight is 221 g/mol. The summed E-state index contributed by atoms with van der Waals surface area (Å²) in [6.07, 6.45) is 3.98. The lowest BCUT2D eigenvalue weighted by Gasteiger charge is -2.12. The molecule has 1 saturated heterocycles. The fraction of sp³-hybridized carbons (Fsp3) is 0.538. The number of benzene rings is 1. The highest BCUT2D eigenvalue weighted by molar-refractivity contribution is 8.00. The topological polar surface area (TPSA) is 12.0 Å². The second-order valence-corrected chi connectivity index (χ2v) is 5.61. The molecule has 1 aromatic carbocycles. The van der Waals surface area contributed by atoms with Crippen molar-refractivity contribution in [2.45, 2.75) is 36.3 Å². The van der Waals surface area contributed by atoms with Crippen LogP contribution >= 0.6 is 11.8 Å². The number of hydrogen-bond donors (Lipinski definition) is 1. The fourth-order valence-electron chi connectivity index (χ4n) is 1.91. The lowest BCUT2D eigenvalue weighted by atomic mass is 10.2. The third-order valence-corrected chi connectivity index (χ3v) is 4.20. The van der Waals surface area contributed by atoms with Gasteiger partial charge in [-0.2, -0.15) is 0 Å². The Balaban J connectivity index is 1.92. The van der Waals surface area contributed by atoms with Gasteiger partial charge in [0, 0.05) is 10.1 Å². The van der Waals surface area contributed by atoms with Crippen molar-refractivity contribution in [3.05, 3.63) is 29.8 Å². The SMILES string of the molecule is Cc1ccc(SC2CCCNCC2)cc1. The summed E-state index contributed by atoms with van der Waals surface area (Å²) in [4.78, 5) is 1.42. The summed E-state index contributed by atoms with van der Waals surface area (Å²) < 4.78 is 0. The molecule has 0 aromatic heterocycles. The minimum atomic E-state index is 0.808. The lowest BCUT2D eigenvalue weighted by molar-refractivity contribution is 0.703. The maximum Gasteiger partial charge on any atom is 0.0107 e. The van der Waals surface area contributed by atoms with E-state index < -0.39 is 0 Å². The summed E-state index contributed by atoms with van der Waals surface area (Å²) in [6, 6.07) is 8.91. The molecule has 1 aliphatic heterocycles. The molecule has 1 N–H and O–H groups in total. The van der Waals surface area contributed by atoms with Gasteiger partial charge in [-0.1, -0.05) is 17.7 Å². The largest absolute Gasteiger partial charge is 0.317 e. The summed E-state index contributed by atoms with van der Waals surface area (Å²) in [5.74, 6) is 0. The van der Waals surface area contributed by atoms with E-state index in [2.05, 4.69) is 36.5 Å². The second kappa shape index (κ2) is 5.57. The van der Waals surface area contributed by atoms with Crippen molar-refractivity contribution in [3.63, 3.8) is 0 Å². The zero-order chi connectivity index (χ0) is 10.5. The molecule has 2 heteroatoms. The summed E-state index contributed by atoms with van der Waals surface area (Å²) in [7, 11) is 0. The average Bonchev–Trinajstić information content (AvgIpc) is 2.50. The molecular weight excluding hydrogens is 202 g/mol. The van der Waals surface area contributed by atoms with Crippen LogP contribution in [-0.2, 0) is 0 Å². The van der Waals surface area contributed by atoms with Crippen molar-refractivity contribution in [3.8, 4) is 0 Å². The summed E-state index contributed by atoms with van der Waals surface area (Å²) in [6.45, 7) is 4.53. The van der Waals surface area contributed by atoms with E-state index in [-0.39, 0.29) is 0 Å².